The molecule has 0 radical (unpaired) electrons. The van der Waals surface area contributed by atoms with Crippen molar-refractivity contribution in [1.29, 1.82) is 0 Å². The third-order valence-electron chi connectivity index (χ3n) is 1.99. The number of rotatable bonds is 4. The Morgan fingerprint density at radius 1 is 1.44 bits per heavy atom. The summed E-state index contributed by atoms with van der Waals surface area (Å²) in [4.78, 5) is 10.6. The first-order valence-electron chi connectivity index (χ1n) is 4.52. The van der Waals surface area contributed by atoms with Crippen molar-refractivity contribution in [3.8, 4) is 0 Å². The van der Waals surface area contributed by atoms with Crippen LogP contribution >= 0.6 is 11.6 Å². The maximum absolute atomic E-state index is 12.0. The van der Waals surface area contributed by atoms with Gasteiger partial charge in [0.05, 0.1) is 15.5 Å². The fourth-order valence-electron chi connectivity index (χ4n) is 1.21. The minimum Gasteiger partial charge on any atom is -0.481 e. The molecule has 1 N–H and O–H groups in total. The molecule has 1 unspecified atom stereocenters. The second kappa shape index (κ2) is 5.32. The van der Waals surface area contributed by atoms with Crippen molar-refractivity contribution in [2.75, 3.05) is 12.8 Å². The van der Waals surface area contributed by atoms with E-state index in [4.69, 9.17) is 16.7 Å². The van der Waals surface area contributed by atoms with Gasteiger partial charge >= 0.3 is 5.97 Å². The average Bonchev–Trinajstić information content (AvgIpc) is 2.20. The van der Waals surface area contributed by atoms with Gasteiger partial charge in [0.1, 0.15) is 5.75 Å². The van der Waals surface area contributed by atoms with E-state index in [0.717, 1.165) is 5.56 Å². The number of carboxylic acid groups (broad SMARTS) is 1. The third kappa shape index (κ3) is 3.83. The molecule has 1 rings (SSSR count). The lowest BCUT2D eigenvalue weighted by Gasteiger charge is -2.06. The van der Waals surface area contributed by atoms with Gasteiger partial charge in [-0.25, -0.2) is 8.57 Å². The molecular weight excluding hydrogens is 250 g/mol. The van der Waals surface area contributed by atoms with Crippen molar-refractivity contribution in [2.24, 2.45) is 4.36 Å². The van der Waals surface area contributed by atoms with Crippen molar-refractivity contribution in [3.05, 3.63) is 34.9 Å². The second-order valence-corrected chi connectivity index (χ2v) is 6.19. The van der Waals surface area contributed by atoms with E-state index in [1.165, 1.54) is 7.05 Å². The Morgan fingerprint density at radius 3 is 2.44 bits per heavy atom. The maximum Gasteiger partial charge on any atom is 0.317 e. The van der Waals surface area contributed by atoms with Crippen molar-refractivity contribution >= 4 is 27.3 Å². The highest BCUT2D eigenvalue weighted by atomic mass is 35.5. The predicted molar refractivity (Wildman–Crippen MR) is 64.2 cm³/mol. The summed E-state index contributed by atoms with van der Waals surface area (Å²) in [5, 5.41) is 9.23. The Kier molecular flexibility index (Phi) is 4.32. The summed E-state index contributed by atoms with van der Waals surface area (Å²) in [6.45, 7) is 0. The monoisotopic (exact) mass is 261 g/mol. The zero-order chi connectivity index (χ0) is 12.2. The number of nitrogens with zero attached hydrogens (tertiary/aromatic N) is 1. The quantitative estimate of drug-likeness (QED) is 0.902. The van der Waals surface area contributed by atoms with E-state index in [1.807, 2.05) is 0 Å². The van der Waals surface area contributed by atoms with Crippen LogP contribution in [0.4, 0.5) is 0 Å². The summed E-state index contributed by atoms with van der Waals surface area (Å²) in [6.07, 6.45) is 0. The molecule has 0 aliphatic rings. The number of carbonyl (C=O) groups is 1. The molecule has 0 saturated carbocycles. The minimum absolute atomic E-state index is 0.132. The Bertz CT molecular complexity index is 489. The summed E-state index contributed by atoms with van der Waals surface area (Å²) in [5.74, 6) is -1.41. The summed E-state index contributed by atoms with van der Waals surface area (Å²) in [6, 6.07) is 6.78. The van der Waals surface area contributed by atoms with E-state index in [0.29, 0.717) is 5.02 Å². The molecule has 0 bridgehead atoms. The van der Waals surface area contributed by atoms with Crippen LogP contribution in [0.15, 0.2) is 28.6 Å². The maximum atomic E-state index is 12.0. The first-order chi connectivity index (χ1) is 7.45. The van der Waals surface area contributed by atoms with Crippen molar-refractivity contribution < 1.29 is 14.1 Å². The molecule has 0 fully saturated rings. The molecule has 0 aliphatic carbocycles. The Labute approximate surface area is 99.4 Å². The highest BCUT2D eigenvalue weighted by molar-refractivity contribution is 7.93. The summed E-state index contributed by atoms with van der Waals surface area (Å²) in [5.41, 5.74) is 0.765. The molecule has 0 heterocycles. The van der Waals surface area contributed by atoms with E-state index in [2.05, 4.69) is 4.36 Å². The van der Waals surface area contributed by atoms with E-state index < -0.39 is 21.5 Å². The SMILES string of the molecule is CN=S(=O)(CC(=O)O)Cc1ccc(Cl)cc1. The van der Waals surface area contributed by atoms with Gasteiger partial charge in [0.15, 0.2) is 0 Å². The first kappa shape index (κ1) is 13.0. The largest absolute Gasteiger partial charge is 0.481 e. The van der Waals surface area contributed by atoms with Crippen LogP contribution in [0.3, 0.4) is 0 Å². The van der Waals surface area contributed by atoms with Crippen molar-refractivity contribution in [1.82, 2.24) is 0 Å². The Morgan fingerprint density at radius 2 is 2.00 bits per heavy atom. The number of carboxylic acids is 1. The Balaban J connectivity index is 2.90. The van der Waals surface area contributed by atoms with Crippen molar-refractivity contribution in [2.45, 2.75) is 5.75 Å². The highest BCUT2D eigenvalue weighted by Gasteiger charge is 2.14. The van der Waals surface area contributed by atoms with Crippen LogP contribution in [0.1, 0.15) is 5.56 Å². The van der Waals surface area contributed by atoms with Crippen LogP contribution in [0.2, 0.25) is 5.02 Å². The number of hydrogen-bond acceptors (Lipinski definition) is 3. The smallest absolute Gasteiger partial charge is 0.317 e. The van der Waals surface area contributed by atoms with Gasteiger partial charge in [-0.1, -0.05) is 23.7 Å². The molecule has 88 valence electrons. The number of halogens is 1. The molecule has 6 heteroatoms. The number of benzene rings is 1. The predicted octanol–water partition coefficient (Wildman–Crippen LogP) is 2.02. The lowest BCUT2D eigenvalue weighted by molar-refractivity contribution is -0.134. The number of aliphatic carboxylic acids is 1. The van der Waals surface area contributed by atoms with E-state index in [1.54, 1.807) is 24.3 Å². The number of hydrogen-bond donors (Lipinski definition) is 1. The zero-order valence-electron chi connectivity index (χ0n) is 8.72. The zero-order valence-corrected chi connectivity index (χ0v) is 10.3. The lowest BCUT2D eigenvalue weighted by Crippen LogP contribution is -2.16. The van der Waals surface area contributed by atoms with Gasteiger partial charge in [-0.05, 0) is 17.7 Å². The topological polar surface area (TPSA) is 66.7 Å². The normalized spacial score (nSPS) is 14.1. The molecule has 4 nitrogen and oxygen atoms in total. The van der Waals surface area contributed by atoms with Crippen LogP contribution in [-0.4, -0.2) is 28.1 Å². The molecule has 16 heavy (non-hydrogen) atoms. The molecule has 0 spiro atoms. The van der Waals surface area contributed by atoms with Crippen LogP contribution in [0, 0.1) is 0 Å². The van der Waals surface area contributed by atoms with Gasteiger partial charge in [0, 0.05) is 12.1 Å². The fraction of sp³-hybridized carbons (Fsp3) is 0.300. The van der Waals surface area contributed by atoms with E-state index in [-0.39, 0.29) is 5.75 Å². The molecular formula is C10H12ClNO3S. The fourth-order valence-corrected chi connectivity index (χ4v) is 2.80. The van der Waals surface area contributed by atoms with Gasteiger partial charge in [-0.2, -0.15) is 0 Å². The van der Waals surface area contributed by atoms with Crippen LogP contribution in [-0.2, 0) is 20.3 Å². The Hall–Kier alpha value is -1.07. The van der Waals surface area contributed by atoms with E-state index >= 15 is 0 Å². The summed E-state index contributed by atoms with van der Waals surface area (Å²) < 4.78 is 15.7. The van der Waals surface area contributed by atoms with Gasteiger partial charge in [-0.3, -0.25) is 4.79 Å². The van der Waals surface area contributed by atoms with Gasteiger partial charge in [0.25, 0.3) is 0 Å². The third-order valence-corrected chi connectivity index (χ3v) is 4.39. The molecule has 0 aliphatic heterocycles. The average molecular weight is 262 g/mol. The molecule has 0 amide bonds. The molecule has 0 aromatic heterocycles. The summed E-state index contributed by atoms with van der Waals surface area (Å²) >= 11 is 5.71. The molecule has 1 aromatic carbocycles. The van der Waals surface area contributed by atoms with E-state index in [9.17, 15) is 9.00 Å². The van der Waals surface area contributed by atoms with Crippen LogP contribution in [0.25, 0.3) is 0 Å². The minimum atomic E-state index is -2.71. The van der Waals surface area contributed by atoms with Crippen LogP contribution < -0.4 is 0 Å². The van der Waals surface area contributed by atoms with Crippen LogP contribution in [0.5, 0.6) is 0 Å². The standard InChI is InChI=1S/C10H12ClNO3S/c1-12-16(15,7-10(13)14)6-8-2-4-9(11)5-3-8/h2-5H,6-7H2,1H3,(H,13,14). The second-order valence-electron chi connectivity index (χ2n) is 3.26. The lowest BCUT2D eigenvalue weighted by atomic mass is 10.2. The van der Waals surface area contributed by atoms with Crippen molar-refractivity contribution in [3.63, 3.8) is 0 Å². The molecule has 0 saturated heterocycles. The highest BCUT2D eigenvalue weighted by Crippen LogP contribution is 2.13. The molecule has 1 atom stereocenters. The van der Waals surface area contributed by atoms with Gasteiger partial charge < -0.3 is 5.11 Å². The summed E-state index contributed by atoms with van der Waals surface area (Å²) in [7, 11) is -1.33. The van der Waals surface area contributed by atoms with Gasteiger partial charge in [0.2, 0.25) is 0 Å². The van der Waals surface area contributed by atoms with Gasteiger partial charge in [-0.15, -0.1) is 0 Å². The first-order valence-corrected chi connectivity index (χ1v) is 6.75. The molecule has 1 aromatic rings.